The smallest absolute Gasteiger partial charge is 0.290 e. The number of benzene rings is 2. The lowest BCUT2D eigenvalue weighted by Gasteiger charge is -2.24. The van der Waals surface area contributed by atoms with Crippen molar-refractivity contribution in [3.8, 4) is 0 Å². The van der Waals surface area contributed by atoms with E-state index in [-0.39, 0.29) is 29.3 Å². The quantitative estimate of drug-likeness (QED) is 0.713. The van der Waals surface area contributed by atoms with Crippen LogP contribution in [0.2, 0.25) is 10.0 Å². The molecule has 2 aromatic carbocycles. The van der Waals surface area contributed by atoms with Crippen molar-refractivity contribution in [3.05, 3.63) is 79.6 Å². The maximum absolute atomic E-state index is 13.2. The van der Waals surface area contributed by atoms with Crippen LogP contribution in [0.1, 0.15) is 34.1 Å². The first-order chi connectivity index (χ1) is 13.0. The number of rotatable bonds is 4. The van der Waals surface area contributed by atoms with Crippen molar-refractivity contribution in [1.82, 2.24) is 4.90 Å². The molecule has 7 heteroatoms. The number of aliphatic hydroxyl groups excluding tert-OH is 1. The van der Waals surface area contributed by atoms with Crippen LogP contribution in [0.15, 0.2) is 51.7 Å². The van der Waals surface area contributed by atoms with E-state index in [1.165, 1.54) is 0 Å². The summed E-state index contributed by atoms with van der Waals surface area (Å²) < 4.78 is 5.80. The van der Waals surface area contributed by atoms with Crippen LogP contribution in [0, 0.1) is 0 Å². The molecule has 1 atom stereocenters. The number of hydrogen-bond acceptors (Lipinski definition) is 4. The van der Waals surface area contributed by atoms with Gasteiger partial charge in [-0.3, -0.25) is 9.59 Å². The van der Waals surface area contributed by atoms with E-state index < -0.39 is 6.04 Å². The van der Waals surface area contributed by atoms with Gasteiger partial charge in [0.05, 0.1) is 17.0 Å². The van der Waals surface area contributed by atoms with Crippen molar-refractivity contribution >= 4 is 40.1 Å². The fraction of sp³-hybridized carbons (Fsp3) is 0.200. The second kappa shape index (κ2) is 7.00. The van der Waals surface area contributed by atoms with Crippen LogP contribution in [0.3, 0.4) is 0 Å². The molecule has 2 heterocycles. The summed E-state index contributed by atoms with van der Waals surface area (Å²) in [5, 5.41) is 10.5. The van der Waals surface area contributed by atoms with Crippen molar-refractivity contribution in [2.45, 2.75) is 12.5 Å². The molecule has 0 aliphatic carbocycles. The summed E-state index contributed by atoms with van der Waals surface area (Å²) in [6.45, 7) is 0.232. The molecule has 1 aliphatic heterocycles. The van der Waals surface area contributed by atoms with Gasteiger partial charge in [-0.25, -0.2) is 0 Å². The van der Waals surface area contributed by atoms with Gasteiger partial charge in [0.2, 0.25) is 5.76 Å². The molecule has 0 radical (unpaired) electrons. The summed E-state index contributed by atoms with van der Waals surface area (Å²) in [7, 11) is 0. The Morgan fingerprint density at radius 2 is 1.74 bits per heavy atom. The van der Waals surface area contributed by atoms with E-state index >= 15 is 0 Å². The van der Waals surface area contributed by atoms with Gasteiger partial charge in [0.15, 0.2) is 5.43 Å². The Bertz CT molecular complexity index is 1090. The average Bonchev–Trinajstić information content (AvgIpc) is 2.94. The molecular formula is C20H15Cl2NO4. The summed E-state index contributed by atoms with van der Waals surface area (Å²) in [4.78, 5) is 27.7. The van der Waals surface area contributed by atoms with Crippen LogP contribution >= 0.6 is 23.2 Å². The zero-order valence-electron chi connectivity index (χ0n) is 14.1. The predicted octanol–water partition coefficient (Wildman–Crippen LogP) is 4.03. The van der Waals surface area contributed by atoms with Gasteiger partial charge in [-0.2, -0.15) is 0 Å². The molecule has 1 N–H and O–H groups in total. The summed E-state index contributed by atoms with van der Waals surface area (Å²) >= 11 is 12.0. The Balaban J connectivity index is 1.97. The van der Waals surface area contributed by atoms with E-state index in [4.69, 9.17) is 27.6 Å². The number of amides is 1. The van der Waals surface area contributed by atoms with E-state index in [9.17, 15) is 14.7 Å². The third kappa shape index (κ3) is 3.02. The van der Waals surface area contributed by atoms with Gasteiger partial charge in [0, 0.05) is 23.2 Å². The lowest BCUT2D eigenvalue weighted by atomic mass is 9.98. The highest BCUT2D eigenvalue weighted by atomic mass is 35.5. The first-order valence-electron chi connectivity index (χ1n) is 8.45. The summed E-state index contributed by atoms with van der Waals surface area (Å²) in [5.41, 5.74) is 1.07. The number of fused-ring (bicyclic) bond motifs is 2. The number of hydrogen-bond donors (Lipinski definition) is 1. The lowest BCUT2D eigenvalue weighted by Crippen LogP contribution is -2.31. The van der Waals surface area contributed by atoms with Crippen LogP contribution in [-0.2, 0) is 0 Å². The average molecular weight is 404 g/mol. The fourth-order valence-corrected chi connectivity index (χ4v) is 3.75. The molecule has 0 saturated carbocycles. The van der Waals surface area contributed by atoms with Crippen LogP contribution in [0.5, 0.6) is 0 Å². The molecule has 138 valence electrons. The van der Waals surface area contributed by atoms with Crippen molar-refractivity contribution in [1.29, 1.82) is 0 Å². The minimum atomic E-state index is -0.601. The molecular weight excluding hydrogens is 389 g/mol. The Morgan fingerprint density at radius 3 is 2.44 bits per heavy atom. The number of nitrogens with zero attached hydrogens (tertiary/aromatic N) is 1. The third-order valence-corrected chi connectivity index (χ3v) is 5.16. The molecule has 0 saturated heterocycles. The van der Waals surface area contributed by atoms with E-state index in [2.05, 4.69) is 0 Å². The number of carbonyl (C=O) groups is 1. The molecule has 1 aliphatic rings. The fourth-order valence-electron chi connectivity index (χ4n) is 3.46. The van der Waals surface area contributed by atoms with Gasteiger partial charge in [0.25, 0.3) is 5.91 Å². The number of halogens is 2. The largest absolute Gasteiger partial charge is 0.450 e. The molecule has 4 rings (SSSR count). The molecule has 1 unspecified atom stereocenters. The Labute approximate surface area is 164 Å². The van der Waals surface area contributed by atoms with Crippen molar-refractivity contribution < 1.29 is 14.3 Å². The summed E-state index contributed by atoms with van der Waals surface area (Å²) in [5.74, 6) is -0.333. The first kappa shape index (κ1) is 18.0. The minimum Gasteiger partial charge on any atom is -0.450 e. The SMILES string of the molecule is O=C1c2oc3ccc(Cl)cc3c(=O)c2C(c2ccc(Cl)cc2)N1CCCO. The summed E-state index contributed by atoms with van der Waals surface area (Å²) in [6, 6.07) is 11.1. The monoisotopic (exact) mass is 403 g/mol. The normalized spacial score (nSPS) is 16.2. The zero-order valence-corrected chi connectivity index (χ0v) is 15.6. The van der Waals surface area contributed by atoms with Crippen LogP contribution < -0.4 is 5.43 Å². The highest BCUT2D eigenvalue weighted by Gasteiger charge is 2.42. The number of aliphatic hydroxyl groups is 1. The minimum absolute atomic E-state index is 0.0349. The van der Waals surface area contributed by atoms with Crippen molar-refractivity contribution in [3.63, 3.8) is 0 Å². The molecule has 1 aromatic heterocycles. The third-order valence-electron chi connectivity index (χ3n) is 4.67. The molecule has 3 aromatic rings. The predicted molar refractivity (Wildman–Crippen MR) is 104 cm³/mol. The van der Waals surface area contributed by atoms with E-state index in [0.717, 1.165) is 5.56 Å². The van der Waals surface area contributed by atoms with Crippen LogP contribution in [-0.4, -0.2) is 29.1 Å². The molecule has 0 bridgehead atoms. The van der Waals surface area contributed by atoms with Gasteiger partial charge in [0.1, 0.15) is 5.58 Å². The lowest BCUT2D eigenvalue weighted by molar-refractivity contribution is 0.0716. The second-order valence-electron chi connectivity index (χ2n) is 6.34. The van der Waals surface area contributed by atoms with Crippen molar-refractivity contribution in [2.75, 3.05) is 13.2 Å². The molecule has 1 amide bonds. The van der Waals surface area contributed by atoms with E-state index in [1.54, 1.807) is 47.4 Å². The Hall–Kier alpha value is -2.34. The topological polar surface area (TPSA) is 70.8 Å². The molecule has 0 spiro atoms. The van der Waals surface area contributed by atoms with Crippen LogP contribution in [0.25, 0.3) is 11.0 Å². The van der Waals surface area contributed by atoms with Gasteiger partial charge in [-0.1, -0.05) is 35.3 Å². The van der Waals surface area contributed by atoms with E-state index in [1.807, 2.05) is 0 Å². The Morgan fingerprint density at radius 1 is 1.04 bits per heavy atom. The van der Waals surface area contributed by atoms with Gasteiger partial charge < -0.3 is 14.4 Å². The Kier molecular flexibility index (Phi) is 4.68. The van der Waals surface area contributed by atoms with Crippen molar-refractivity contribution in [2.24, 2.45) is 0 Å². The molecule has 5 nitrogen and oxygen atoms in total. The first-order valence-corrected chi connectivity index (χ1v) is 9.20. The van der Waals surface area contributed by atoms with Gasteiger partial charge in [-0.15, -0.1) is 0 Å². The standard InChI is InChI=1S/C20H15Cl2NO4/c21-12-4-2-11(3-5-12)17-16-18(25)14-10-13(22)6-7-15(14)27-19(16)20(26)23(17)8-1-9-24/h2-7,10,17,24H,1,8-9H2. The van der Waals surface area contributed by atoms with Crippen LogP contribution in [0.4, 0.5) is 0 Å². The van der Waals surface area contributed by atoms with Gasteiger partial charge in [-0.05, 0) is 42.3 Å². The highest BCUT2D eigenvalue weighted by molar-refractivity contribution is 6.31. The molecule has 0 fully saturated rings. The molecule has 27 heavy (non-hydrogen) atoms. The maximum atomic E-state index is 13.2. The van der Waals surface area contributed by atoms with Gasteiger partial charge >= 0.3 is 0 Å². The van der Waals surface area contributed by atoms with E-state index in [0.29, 0.717) is 34.0 Å². The second-order valence-corrected chi connectivity index (χ2v) is 7.22. The zero-order chi connectivity index (χ0) is 19.1. The highest BCUT2D eigenvalue weighted by Crippen LogP contribution is 2.38. The maximum Gasteiger partial charge on any atom is 0.290 e. The summed E-state index contributed by atoms with van der Waals surface area (Å²) in [6.07, 6.45) is 0.392. The number of carbonyl (C=O) groups excluding carboxylic acids is 1.